The maximum Gasteiger partial charge on any atom is 0.416 e. The van der Waals surface area contributed by atoms with Crippen molar-refractivity contribution >= 4 is 15.7 Å². The van der Waals surface area contributed by atoms with E-state index in [2.05, 4.69) is 9.71 Å². The van der Waals surface area contributed by atoms with Crippen LogP contribution in [0.3, 0.4) is 0 Å². The molecule has 0 aliphatic carbocycles. The number of ether oxygens (including phenoxy) is 2. The van der Waals surface area contributed by atoms with E-state index in [0.29, 0.717) is 6.07 Å². The minimum absolute atomic E-state index is 0.0116. The third kappa shape index (κ3) is 4.29. The van der Waals surface area contributed by atoms with Crippen LogP contribution in [0.5, 0.6) is 11.5 Å². The lowest BCUT2D eigenvalue weighted by molar-refractivity contribution is -0.137. The summed E-state index contributed by atoms with van der Waals surface area (Å²) in [4.78, 5) is 3.43. The van der Waals surface area contributed by atoms with Crippen molar-refractivity contribution in [1.82, 2.24) is 4.98 Å². The lowest BCUT2D eigenvalue weighted by atomic mass is 10.1. The van der Waals surface area contributed by atoms with Gasteiger partial charge in [-0.3, -0.25) is 4.72 Å². The van der Waals surface area contributed by atoms with Crippen molar-refractivity contribution in [1.29, 1.82) is 0 Å². The van der Waals surface area contributed by atoms with Gasteiger partial charge < -0.3 is 13.9 Å². The number of oxazole rings is 1. The monoisotopic (exact) mass is 428 g/mol. The van der Waals surface area contributed by atoms with E-state index in [4.69, 9.17) is 13.9 Å². The number of rotatable bonds is 6. The van der Waals surface area contributed by atoms with Gasteiger partial charge in [0.1, 0.15) is 6.26 Å². The lowest BCUT2D eigenvalue weighted by Gasteiger charge is -2.16. The number of sulfonamides is 1. The predicted octanol–water partition coefficient (Wildman–Crippen LogP) is 4.18. The fourth-order valence-electron chi connectivity index (χ4n) is 2.54. The fraction of sp³-hybridized carbons (Fsp3) is 0.167. The van der Waals surface area contributed by atoms with Crippen molar-refractivity contribution in [2.75, 3.05) is 18.9 Å². The number of halogens is 3. The number of anilines is 1. The zero-order chi connectivity index (χ0) is 21.2. The molecular formula is C18H15F3N2O5S. The summed E-state index contributed by atoms with van der Waals surface area (Å²) in [6, 6.07) is 6.17. The second-order valence-electron chi connectivity index (χ2n) is 5.72. The number of hydrogen-bond donors (Lipinski definition) is 1. The van der Waals surface area contributed by atoms with Crippen LogP contribution in [-0.4, -0.2) is 27.6 Å². The molecule has 0 saturated carbocycles. The third-order valence-corrected chi connectivity index (χ3v) is 5.27. The second kappa shape index (κ2) is 7.66. The van der Waals surface area contributed by atoms with Gasteiger partial charge in [-0.15, -0.1) is 0 Å². The SMILES string of the molecule is COc1cc(NS(=O)(=O)c2cccc(C(F)(F)F)c2)c(-c2ncco2)cc1OC. The molecule has 0 aliphatic rings. The molecule has 0 bridgehead atoms. The normalized spacial score (nSPS) is 11.9. The molecule has 7 nitrogen and oxygen atoms in total. The molecule has 0 unspecified atom stereocenters. The molecule has 154 valence electrons. The van der Waals surface area contributed by atoms with Gasteiger partial charge in [0.05, 0.1) is 42.1 Å². The number of nitrogens with zero attached hydrogens (tertiary/aromatic N) is 1. The van der Waals surface area contributed by atoms with E-state index in [1.54, 1.807) is 0 Å². The van der Waals surface area contributed by atoms with Crippen molar-refractivity contribution in [3.8, 4) is 23.0 Å². The molecule has 0 aliphatic heterocycles. The van der Waals surface area contributed by atoms with E-state index >= 15 is 0 Å². The quantitative estimate of drug-likeness (QED) is 0.634. The molecule has 1 aromatic heterocycles. The van der Waals surface area contributed by atoms with Gasteiger partial charge in [-0.2, -0.15) is 13.2 Å². The molecule has 29 heavy (non-hydrogen) atoms. The first kappa shape index (κ1) is 20.5. The molecule has 0 fully saturated rings. The van der Waals surface area contributed by atoms with Gasteiger partial charge in [0, 0.05) is 6.07 Å². The van der Waals surface area contributed by atoms with Crippen molar-refractivity contribution in [2.45, 2.75) is 11.1 Å². The summed E-state index contributed by atoms with van der Waals surface area (Å²) >= 11 is 0. The van der Waals surface area contributed by atoms with Crippen LogP contribution >= 0.6 is 0 Å². The molecule has 3 aromatic rings. The topological polar surface area (TPSA) is 90.7 Å². The highest BCUT2D eigenvalue weighted by molar-refractivity contribution is 7.92. The van der Waals surface area contributed by atoms with Gasteiger partial charge in [0.25, 0.3) is 10.0 Å². The molecule has 1 N–H and O–H groups in total. The highest BCUT2D eigenvalue weighted by Crippen LogP contribution is 2.39. The fourth-order valence-corrected chi connectivity index (χ4v) is 3.66. The van der Waals surface area contributed by atoms with Crippen LogP contribution in [0.2, 0.25) is 0 Å². The lowest BCUT2D eigenvalue weighted by Crippen LogP contribution is -2.15. The summed E-state index contributed by atoms with van der Waals surface area (Å²) in [7, 11) is -1.62. The number of alkyl halides is 3. The minimum atomic E-state index is -4.68. The highest BCUT2D eigenvalue weighted by Gasteiger charge is 2.32. The number of hydrogen-bond acceptors (Lipinski definition) is 6. The summed E-state index contributed by atoms with van der Waals surface area (Å²) < 4.78 is 82.2. The van der Waals surface area contributed by atoms with E-state index in [-0.39, 0.29) is 28.6 Å². The molecule has 0 radical (unpaired) electrons. The molecular weight excluding hydrogens is 413 g/mol. The van der Waals surface area contributed by atoms with Crippen molar-refractivity contribution in [2.24, 2.45) is 0 Å². The number of aromatic nitrogens is 1. The van der Waals surface area contributed by atoms with Crippen LogP contribution < -0.4 is 14.2 Å². The Kier molecular flexibility index (Phi) is 5.42. The Labute approximate surface area is 164 Å². The maximum absolute atomic E-state index is 12.9. The summed E-state index contributed by atoms with van der Waals surface area (Å²) in [6.45, 7) is 0. The first-order valence-electron chi connectivity index (χ1n) is 8.01. The standard InChI is InChI=1S/C18H15F3N2O5S/c1-26-15-9-13(17-22-6-7-28-17)14(10-16(15)27-2)23-29(24,25)12-5-3-4-11(8-12)18(19,20)21/h3-10,23H,1-2H3. The minimum Gasteiger partial charge on any atom is -0.493 e. The zero-order valence-corrected chi connectivity index (χ0v) is 16.0. The summed E-state index contributed by atoms with van der Waals surface area (Å²) in [5.41, 5.74) is -0.883. The van der Waals surface area contributed by atoms with E-state index in [0.717, 1.165) is 18.2 Å². The average molecular weight is 428 g/mol. The highest BCUT2D eigenvalue weighted by atomic mass is 32.2. The van der Waals surface area contributed by atoms with Gasteiger partial charge in [-0.25, -0.2) is 13.4 Å². The summed E-state index contributed by atoms with van der Waals surface area (Å²) in [6.07, 6.45) is -2.04. The van der Waals surface area contributed by atoms with Crippen LogP contribution in [0.15, 0.2) is 58.2 Å². The van der Waals surface area contributed by atoms with E-state index in [1.165, 1.54) is 38.8 Å². The Hall–Kier alpha value is -3.21. The molecule has 0 amide bonds. The van der Waals surface area contributed by atoms with Crippen molar-refractivity contribution in [3.05, 3.63) is 54.4 Å². The number of methoxy groups -OCH3 is 2. The molecule has 11 heteroatoms. The summed E-state index contributed by atoms with van der Waals surface area (Å²) in [5, 5.41) is 0. The van der Waals surface area contributed by atoms with Gasteiger partial charge in [0.2, 0.25) is 5.89 Å². The Balaban J connectivity index is 2.09. The van der Waals surface area contributed by atoms with E-state index in [1.807, 2.05) is 0 Å². The Morgan fingerprint density at radius 3 is 2.34 bits per heavy atom. The van der Waals surface area contributed by atoms with Crippen LogP contribution in [-0.2, 0) is 16.2 Å². The number of nitrogens with one attached hydrogen (secondary N) is 1. The summed E-state index contributed by atoms with van der Waals surface area (Å²) in [5.74, 6) is 0.556. The molecule has 1 heterocycles. The van der Waals surface area contributed by atoms with Crippen LogP contribution in [0, 0.1) is 0 Å². The zero-order valence-electron chi connectivity index (χ0n) is 15.1. The Morgan fingerprint density at radius 1 is 1.07 bits per heavy atom. The van der Waals surface area contributed by atoms with Crippen LogP contribution in [0.25, 0.3) is 11.5 Å². The van der Waals surface area contributed by atoms with Crippen LogP contribution in [0.1, 0.15) is 5.56 Å². The molecule has 0 atom stereocenters. The Bertz CT molecular complexity index is 1110. The van der Waals surface area contributed by atoms with E-state index < -0.39 is 26.7 Å². The first-order valence-corrected chi connectivity index (χ1v) is 9.50. The largest absolute Gasteiger partial charge is 0.493 e. The van der Waals surface area contributed by atoms with Gasteiger partial charge in [-0.1, -0.05) is 6.07 Å². The third-order valence-electron chi connectivity index (χ3n) is 3.90. The van der Waals surface area contributed by atoms with Crippen LogP contribution in [0.4, 0.5) is 18.9 Å². The number of benzene rings is 2. The smallest absolute Gasteiger partial charge is 0.416 e. The van der Waals surface area contributed by atoms with Crippen molar-refractivity contribution in [3.63, 3.8) is 0 Å². The van der Waals surface area contributed by atoms with Crippen molar-refractivity contribution < 1.29 is 35.5 Å². The average Bonchev–Trinajstić information content (AvgIpc) is 3.21. The Morgan fingerprint density at radius 2 is 1.76 bits per heavy atom. The van der Waals surface area contributed by atoms with Gasteiger partial charge in [-0.05, 0) is 24.3 Å². The molecule has 0 saturated heterocycles. The van der Waals surface area contributed by atoms with E-state index in [9.17, 15) is 21.6 Å². The van der Waals surface area contributed by atoms with Gasteiger partial charge >= 0.3 is 6.18 Å². The molecule has 2 aromatic carbocycles. The predicted molar refractivity (Wildman–Crippen MR) is 97.3 cm³/mol. The maximum atomic E-state index is 12.9. The van der Waals surface area contributed by atoms with Gasteiger partial charge in [0.15, 0.2) is 11.5 Å². The molecule has 0 spiro atoms. The molecule has 3 rings (SSSR count). The first-order chi connectivity index (χ1) is 13.7. The second-order valence-corrected chi connectivity index (χ2v) is 7.40.